The third-order valence-corrected chi connectivity index (χ3v) is 1.89. The summed E-state index contributed by atoms with van der Waals surface area (Å²) in [5.74, 6) is 0. The van der Waals surface area contributed by atoms with Gasteiger partial charge in [-0.1, -0.05) is 0 Å². The maximum atomic E-state index is 11.3. The predicted molar refractivity (Wildman–Crippen MR) is 56.1 cm³/mol. The van der Waals surface area contributed by atoms with Crippen LogP contribution in [0.5, 0.6) is 0 Å². The number of nitrogens with two attached hydrogens (primary N) is 1. The third-order valence-electron chi connectivity index (χ3n) is 1.89. The van der Waals surface area contributed by atoms with Crippen molar-refractivity contribution in [2.45, 2.75) is 6.61 Å². The summed E-state index contributed by atoms with van der Waals surface area (Å²) in [5.41, 5.74) is 6.23. The van der Waals surface area contributed by atoms with Crippen molar-refractivity contribution in [3.63, 3.8) is 0 Å². The molecule has 5 heteroatoms. The molecular formula is C10H15N3O2. The van der Waals surface area contributed by atoms with Crippen LogP contribution in [0, 0.1) is 0 Å². The maximum Gasteiger partial charge on any atom is 0.409 e. The monoisotopic (exact) mass is 209 g/mol. The number of carbonyl (C=O) groups is 1. The van der Waals surface area contributed by atoms with Gasteiger partial charge in [0.05, 0.1) is 0 Å². The minimum absolute atomic E-state index is 0.260. The molecule has 1 heterocycles. The number of nitrogens with zero attached hydrogens (tertiary/aromatic N) is 2. The summed E-state index contributed by atoms with van der Waals surface area (Å²) in [6.07, 6.45) is 2.96. The molecule has 15 heavy (non-hydrogen) atoms. The average molecular weight is 209 g/mol. The Morgan fingerprint density at radius 3 is 2.80 bits per heavy atom. The fourth-order valence-electron chi connectivity index (χ4n) is 1.02. The van der Waals surface area contributed by atoms with Gasteiger partial charge in [-0.2, -0.15) is 0 Å². The molecule has 0 aliphatic carbocycles. The molecule has 0 saturated carbocycles. The predicted octanol–water partition coefficient (Wildman–Crippen LogP) is 0.609. The van der Waals surface area contributed by atoms with Gasteiger partial charge in [0.1, 0.15) is 6.61 Å². The molecule has 0 fully saturated rings. The molecule has 1 amide bonds. The highest BCUT2D eigenvalue weighted by molar-refractivity contribution is 5.67. The fourth-order valence-corrected chi connectivity index (χ4v) is 1.02. The molecule has 0 radical (unpaired) electrons. The molecule has 2 N–H and O–H groups in total. The highest BCUT2D eigenvalue weighted by atomic mass is 16.6. The van der Waals surface area contributed by atoms with Crippen LogP contribution in [0.25, 0.3) is 0 Å². The summed E-state index contributed by atoms with van der Waals surface area (Å²) < 4.78 is 5.05. The number of pyridine rings is 1. The number of hydrogen-bond acceptors (Lipinski definition) is 4. The molecule has 1 aromatic heterocycles. The Balaban J connectivity index is 2.34. The van der Waals surface area contributed by atoms with Crippen molar-refractivity contribution in [1.82, 2.24) is 9.88 Å². The molecule has 82 valence electrons. The van der Waals surface area contributed by atoms with Crippen molar-refractivity contribution < 1.29 is 9.53 Å². The van der Waals surface area contributed by atoms with E-state index >= 15 is 0 Å². The fraction of sp³-hybridized carbons (Fsp3) is 0.400. The van der Waals surface area contributed by atoms with E-state index in [1.54, 1.807) is 31.6 Å². The van der Waals surface area contributed by atoms with Crippen molar-refractivity contribution >= 4 is 6.09 Å². The number of hydrogen-bond donors (Lipinski definition) is 1. The lowest BCUT2D eigenvalue weighted by atomic mass is 10.3. The van der Waals surface area contributed by atoms with Gasteiger partial charge in [0.2, 0.25) is 0 Å². The van der Waals surface area contributed by atoms with Gasteiger partial charge < -0.3 is 15.4 Å². The Kier molecular flexibility index (Phi) is 4.56. The molecule has 5 nitrogen and oxygen atoms in total. The topological polar surface area (TPSA) is 68.5 Å². The highest BCUT2D eigenvalue weighted by Gasteiger charge is 2.08. The van der Waals surface area contributed by atoms with E-state index in [0.717, 1.165) is 5.56 Å². The van der Waals surface area contributed by atoms with Gasteiger partial charge in [-0.3, -0.25) is 4.98 Å². The number of amides is 1. The molecule has 0 unspecified atom stereocenters. The van der Waals surface area contributed by atoms with Gasteiger partial charge in [0.25, 0.3) is 0 Å². The summed E-state index contributed by atoms with van der Waals surface area (Å²) >= 11 is 0. The van der Waals surface area contributed by atoms with Crippen LogP contribution in [0.3, 0.4) is 0 Å². The minimum atomic E-state index is -0.364. The Morgan fingerprint density at radius 2 is 2.20 bits per heavy atom. The summed E-state index contributed by atoms with van der Waals surface area (Å²) in [7, 11) is 1.65. The van der Waals surface area contributed by atoms with Crippen LogP contribution in [0.4, 0.5) is 4.79 Å². The number of aromatic nitrogens is 1. The van der Waals surface area contributed by atoms with Crippen LogP contribution in [0.1, 0.15) is 5.56 Å². The quantitative estimate of drug-likeness (QED) is 0.788. The van der Waals surface area contributed by atoms with Gasteiger partial charge >= 0.3 is 6.09 Å². The van der Waals surface area contributed by atoms with Crippen LogP contribution in [-0.2, 0) is 11.3 Å². The maximum absolute atomic E-state index is 11.3. The number of likely N-dealkylation sites (N-methyl/N-ethyl adjacent to an activating group) is 1. The number of rotatable bonds is 4. The Labute approximate surface area is 88.9 Å². The van der Waals surface area contributed by atoms with E-state index in [2.05, 4.69) is 4.98 Å². The van der Waals surface area contributed by atoms with Crippen molar-refractivity contribution in [2.24, 2.45) is 5.73 Å². The molecule has 0 aromatic carbocycles. The molecule has 0 aliphatic heterocycles. The SMILES string of the molecule is CN(CCN)C(=O)OCc1ccncc1. The van der Waals surface area contributed by atoms with Crippen LogP contribution in [0.15, 0.2) is 24.5 Å². The zero-order valence-corrected chi connectivity index (χ0v) is 8.72. The van der Waals surface area contributed by atoms with Crippen LogP contribution in [-0.4, -0.2) is 36.1 Å². The lowest BCUT2D eigenvalue weighted by molar-refractivity contribution is 0.105. The summed E-state index contributed by atoms with van der Waals surface area (Å²) in [4.78, 5) is 16.7. The largest absolute Gasteiger partial charge is 0.445 e. The van der Waals surface area contributed by atoms with E-state index < -0.39 is 0 Å². The lowest BCUT2D eigenvalue weighted by Crippen LogP contribution is -2.32. The summed E-state index contributed by atoms with van der Waals surface area (Å²) in [6, 6.07) is 3.60. The molecular weight excluding hydrogens is 194 g/mol. The van der Waals surface area contributed by atoms with Crippen molar-refractivity contribution in [2.75, 3.05) is 20.1 Å². The molecule has 0 bridgehead atoms. The average Bonchev–Trinajstić information content (AvgIpc) is 2.27. The number of ether oxygens (including phenoxy) is 1. The standard InChI is InChI=1S/C10H15N3O2/c1-13(7-4-11)10(14)15-8-9-2-5-12-6-3-9/h2-3,5-6H,4,7-8,11H2,1H3. The number of carbonyl (C=O) groups excluding carboxylic acids is 1. The zero-order valence-electron chi connectivity index (χ0n) is 8.72. The second-order valence-electron chi connectivity index (χ2n) is 3.12. The van der Waals surface area contributed by atoms with Crippen molar-refractivity contribution in [3.8, 4) is 0 Å². The first-order chi connectivity index (χ1) is 7.24. The first kappa shape index (κ1) is 11.5. The van der Waals surface area contributed by atoms with Crippen molar-refractivity contribution in [3.05, 3.63) is 30.1 Å². The first-order valence-electron chi connectivity index (χ1n) is 4.71. The van der Waals surface area contributed by atoms with E-state index in [-0.39, 0.29) is 12.7 Å². The summed E-state index contributed by atoms with van der Waals surface area (Å²) in [5, 5.41) is 0. The van der Waals surface area contributed by atoms with Crippen LogP contribution < -0.4 is 5.73 Å². The molecule has 0 atom stereocenters. The Bertz CT molecular complexity index is 303. The van der Waals surface area contributed by atoms with E-state index in [9.17, 15) is 4.79 Å². The minimum Gasteiger partial charge on any atom is -0.445 e. The van der Waals surface area contributed by atoms with Gasteiger partial charge in [-0.15, -0.1) is 0 Å². The Hall–Kier alpha value is -1.62. The highest BCUT2D eigenvalue weighted by Crippen LogP contribution is 2.00. The van der Waals surface area contributed by atoms with E-state index in [0.29, 0.717) is 13.1 Å². The molecule has 1 rings (SSSR count). The molecule has 0 saturated heterocycles. The Morgan fingerprint density at radius 1 is 1.53 bits per heavy atom. The van der Waals surface area contributed by atoms with Gasteiger partial charge in [-0.25, -0.2) is 4.79 Å². The molecule has 0 aliphatic rings. The van der Waals surface area contributed by atoms with Gasteiger partial charge in [0.15, 0.2) is 0 Å². The second-order valence-corrected chi connectivity index (χ2v) is 3.12. The lowest BCUT2D eigenvalue weighted by Gasteiger charge is -2.15. The third kappa shape index (κ3) is 3.95. The van der Waals surface area contributed by atoms with Crippen LogP contribution >= 0.6 is 0 Å². The van der Waals surface area contributed by atoms with Gasteiger partial charge in [-0.05, 0) is 17.7 Å². The zero-order chi connectivity index (χ0) is 11.1. The van der Waals surface area contributed by atoms with Crippen molar-refractivity contribution in [1.29, 1.82) is 0 Å². The normalized spacial score (nSPS) is 9.73. The van der Waals surface area contributed by atoms with Gasteiger partial charge in [0, 0.05) is 32.5 Å². The molecule has 0 spiro atoms. The van der Waals surface area contributed by atoms with E-state index in [1.165, 1.54) is 4.90 Å². The van der Waals surface area contributed by atoms with Crippen LogP contribution in [0.2, 0.25) is 0 Å². The second kappa shape index (κ2) is 5.98. The molecule has 1 aromatic rings. The smallest absolute Gasteiger partial charge is 0.409 e. The summed E-state index contributed by atoms with van der Waals surface area (Å²) in [6.45, 7) is 1.19. The van der Waals surface area contributed by atoms with E-state index in [4.69, 9.17) is 10.5 Å². The first-order valence-corrected chi connectivity index (χ1v) is 4.71. The van der Waals surface area contributed by atoms with E-state index in [1.807, 2.05) is 0 Å².